The summed E-state index contributed by atoms with van der Waals surface area (Å²) in [6.45, 7) is 2.84. The molecule has 1 aliphatic heterocycles. The second-order valence-electron chi connectivity index (χ2n) is 8.06. The lowest BCUT2D eigenvalue weighted by molar-refractivity contribution is -0.125. The quantitative estimate of drug-likeness (QED) is 0.638. The van der Waals surface area contributed by atoms with E-state index in [-0.39, 0.29) is 11.8 Å². The normalized spacial score (nSPS) is 17.3. The number of anilines is 1. The van der Waals surface area contributed by atoms with Crippen molar-refractivity contribution in [3.63, 3.8) is 0 Å². The van der Waals surface area contributed by atoms with E-state index in [1.165, 1.54) is 12.8 Å². The molecule has 1 saturated carbocycles. The number of ether oxygens (including phenoxy) is 1. The molecule has 1 amide bonds. The first-order chi connectivity index (χ1) is 14.7. The van der Waals surface area contributed by atoms with Crippen LogP contribution in [0, 0.1) is 11.8 Å². The third kappa shape index (κ3) is 4.34. The van der Waals surface area contributed by atoms with Crippen LogP contribution < -0.4 is 15.0 Å². The lowest BCUT2D eigenvalue weighted by atomic mass is 9.96. The number of aromatic nitrogens is 5. The minimum Gasteiger partial charge on any atom is -0.477 e. The van der Waals surface area contributed by atoms with Crippen LogP contribution in [0.5, 0.6) is 5.88 Å². The predicted molar refractivity (Wildman–Crippen MR) is 110 cm³/mol. The fraction of sp³-hybridized carbons (Fsp3) is 0.476. The molecule has 1 N–H and O–H groups in total. The summed E-state index contributed by atoms with van der Waals surface area (Å²) in [5, 5.41) is 15.4. The fourth-order valence-corrected chi connectivity index (χ4v) is 3.68. The first-order valence-electron chi connectivity index (χ1n) is 10.5. The highest BCUT2D eigenvalue weighted by Gasteiger charge is 2.26. The highest BCUT2D eigenvalue weighted by atomic mass is 16.5. The maximum atomic E-state index is 12.6. The van der Waals surface area contributed by atoms with Gasteiger partial charge >= 0.3 is 0 Å². The minimum atomic E-state index is 0.0222. The Balaban J connectivity index is 1.08. The Morgan fingerprint density at radius 3 is 2.77 bits per heavy atom. The molecular formula is C21H25N7O2. The molecule has 5 rings (SSSR count). The lowest BCUT2D eigenvalue weighted by Crippen LogP contribution is -2.40. The van der Waals surface area contributed by atoms with Crippen LogP contribution in [0.2, 0.25) is 0 Å². The van der Waals surface area contributed by atoms with E-state index in [1.54, 1.807) is 17.0 Å². The van der Waals surface area contributed by atoms with E-state index in [1.807, 2.05) is 24.3 Å². The number of nitrogens with one attached hydrogen (secondary N) is 1. The molecule has 4 heterocycles. The molecule has 9 heteroatoms. The van der Waals surface area contributed by atoms with Gasteiger partial charge in [0.05, 0.1) is 6.61 Å². The number of hydrogen-bond donors (Lipinski definition) is 1. The van der Waals surface area contributed by atoms with Crippen LogP contribution in [-0.4, -0.2) is 50.4 Å². The van der Waals surface area contributed by atoms with Crippen LogP contribution in [-0.2, 0) is 11.3 Å². The smallest absolute Gasteiger partial charge is 0.223 e. The molecule has 2 fully saturated rings. The van der Waals surface area contributed by atoms with Crippen LogP contribution in [0.3, 0.4) is 0 Å². The SMILES string of the molecule is O=C(NCc1ccc(OCC2CC2)nc1)C1CCN(c2ccc3nncn3n2)CC1. The molecular weight excluding hydrogens is 382 g/mol. The van der Waals surface area contributed by atoms with E-state index in [9.17, 15) is 4.79 Å². The van der Waals surface area contributed by atoms with Crippen molar-refractivity contribution in [2.45, 2.75) is 32.2 Å². The highest BCUT2D eigenvalue weighted by Crippen LogP contribution is 2.29. The van der Waals surface area contributed by atoms with Crippen molar-refractivity contribution in [3.05, 3.63) is 42.4 Å². The number of fused-ring (bicyclic) bond motifs is 1. The van der Waals surface area contributed by atoms with Crippen LogP contribution in [0.1, 0.15) is 31.2 Å². The number of amides is 1. The van der Waals surface area contributed by atoms with E-state index in [0.717, 1.165) is 49.6 Å². The minimum absolute atomic E-state index is 0.0222. The molecule has 30 heavy (non-hydrogen) atoms. The predicted octanol–water partition coefficient (Wildman–Crippen LogP) is 1.84. The summed E-state index contributed by atoms with van der Waals surface area (Å²) in [4.78, 5) is 19.1. The third-order valence-electron chi connectivity index (χ3n) is 5.77. The molecule has 1 aliphatic carbocycles. The van der Waals surface area contributed by atoms with Crippen molar-refractivity contribution >= 4 is 17.4 Å². The molecule has 156 valence electrons. The Kier molecular flexibility index (Phi) is 5.17. The zero-order chi connectivity index (χ0) is 20.3. The van der Waals surface area contributed by atoms with Crippen LogP contribution in [0.15, 0.2) is 36.8 Å². The van der Waals surface area contributed by atoms with Gasteiger partial charge in [-0.15, -0.1) is 15.3 Å². The monoisotopic (exact) mass is 407 g/mol. The van der Waals surface area contributed by atoms with Crippen molar-refractivity contribution in [1.29, 1.82) is 0 Å². The van der Waals surface area contributed by atoms with E-state index in [0.29, 0.717) is 18.3 Å². The molecule has 0 spiro atoms. The molecule has 0 unspecified atom stereocenters. The molecule has 0 aromatic carbocycles. The average molecular weight is 407 g/mol. The number of carbonyl (C=O) groups is 1. The highest BCUT2D eigenvalue weighted by molar-refractivity contribution is 5.79. The standard InChI is InChI=1S/C21H25N7O2/c29-21(23-12-16-3-6-20(22-11-16)30-13-15-1-2-15)17-7-9-27(10-8-17)19-5-4-18-25-24-14-28(18)26-19/h3-6,11,14-15,17H,1-2,7-10,12-13H2,(H,23,29). The number of hydrogen-bond acceptors (Lipinski definition) is 7. The number of piperidine rings is 1. The maximum absolute atomic E-state index is 12.6. The second-order valence-corrected chi connectivity index (χ2v) is 8.06. The van der Waals surface area contributed by atoms with Crippen LogP contribution in [0.25, 0.3) is 5.65 Å². The molecule has 0 radical (unpaired) electrons. The van der Waals surface area contributed by atoms with Gasteiger partial charge in [0.1, 0.15) is 12.1 Å². The van der Waals surface area contributed by atoms with Crippen LogP contribution in [0.4, 0.5) is 5.82 Å². The molecule has 0 atom stereocenters. The van der Waals surface area contributed by atoms with Gasteiger partial charge < -0.3 is 15.0 Å². The Morgan fingerprint density at radius 2 is 2.00 bits per heavy atom. The van der Waals surface area contributed by atoms with Crippen molar-refractivity contribution in [3.8, 4) is 5.88 Å². The van der Waals surface area contributed by atoms with Crippen molar-refractivity contribution in [2.24, 2.45) is 11.8 Å². The Morgan fingerprint density at radius 1 is 1.13 bits per heavy atom. The van der Waals surface area contributed by atoms with Crippen molar-refractivity contribution in [1.82, 2.24) is 30.1 Å². The van der Waals surface area contributed by atoms with E-state index >= 15 is 0 Å². The van der Waals surface area contributed by atoms with Gasteiger partial charge in [0, 0.05) is 37.8 Å². The Bertz CT molecular complexity index is 1010. The summed E-state index contributed by atoms with van der Waals surface area (Å²) in [7, 11) is 0. The summed E-state index contributed by atoms with van der Waals surface area (Å²) < 4.78 is 7.33. The number of carbonyl (C=O) groups excluding carboxylic acids is 1. The van der Waals surface area contributed by atoms with E-state index in [4.69, 9.17) is 4.74 Å². The van der Waals surface area contributed by atoms with Crippen LogP contribution >= 0.6 is 0 Å². The third-order valence-corrected chi connectivity index (χ3v) is 5.77. The summed E-state index contributed by atoms with van der Waals surface area (Å²) in [5.74, 6) is 2.37. The van der Waals surface area contributed by atoms with Gasteiger partial charge in [0.2, 0.25) is 11.8 Å². The number of rotatable bonds is 7. The maximum Gasteiger partial charge on any atom is 0.223 e. The topological polar surface area (TPSA) is 97.5 Å². The fourth-order valence-electron chi connectivity index (χ4n) is 3.68. The molecule has 3 aromatic heterocycles. The van der Waals surface area contributed by atoms with E-state index < -0.39 is 0 Å². The largest absolute Gasteiger partial charge is 0.477 e. The number of nitrogens with zero attached hydrogens (tertiary/aromatic N) is 6. The zero-order valence-electron chi connectivity index (χ0n) is 16.8. The van der Waals surface area contributed by atoms with Gasteiger partial charge in [-0.1, -0.05) is 6.07 Å². The molecule has 0 bridgehead atoms. The average Bonchev–Trinajstić information content (AvgIpc) is 3.51. The number of pyridine rings is 1. The lowest BCUT2D eigenvalue weighted by Gasteiger charge is -2.32. The summed E-state index contributed by atoms with van der Waals surface area (Å²) >= 11 is 0. The summed E-state index contributed by atoms with van der Waals surface area (Å²) in [6, 6.07) is 7.70. The molecule has 9 nitrogen and oxygen atoms in total. The van der Waals surface area contributed by atoms with Gasteiger partial charge in [0.25, 0.3) is 0 Å². The first-order valence-corrected chi connectivity index (χ1v) is 10.5. The zero-order valence-corrected chi connectivity index (χ0v) is 16.8. The van der Waals surface area contributed by atoms with E-state index in [2.05, 4.69) is 30.5 Å². The first kappa shape index (κ1) is 18.8. The van der Waals surface area contributed by atoms with Crippen molar-refractivity contribution in [2.75, 3.05) is 24.6 Å². The van der Waals surface area contributed by atoms with Gasteiger partial charge in [-0.05, 0) is 49.3 Å². The van der Waals surface area contributed by atoms with Gasteiger partial charge in [-0.25, -0.2) is 4.98 Å². The second kappa shape index (κ2) is 8.25. The summed E-state index contributed by atoms with van der Waals surface area (Å²) in [5.41, 5.74) is 1.70. The van der Waals surface area contributed by atoms with Crippen molar-refractivity contribution < 1.29 is 9.53 Å². The summed E-state index contributed by atoms with van der Waals surface area (Å²) in [6.07, 6.45) is 7.51. The van der Waals surface area contributed by atoms with Gasteiger partial charge in [-0.3, -0.25) is 4.79 Å². The van der Waals surface area contributed by atoms with Gasteiger partial charge in [-0.2, -0.15) is 4.52 Å². The Labute approximate surface area is 174 Å². The molecule has 2 aliphatic rings. The van der Waals surface area contributed by atoms with Gasteiger partial charge in [0.15, 0.2) is 5.65 Å². The molecule has 3 aromatic rings. The Hall–Kier alpha value is -3.23. The molecule has 1 saturated heterocycles.